The van der Waals surface area contributed by atoms with Gasteiger partial charge in [0.25, 0.3) is 0 Å². The van der Waals surface area contributed by atoms with E-state index in [0.717, 1.165) is 29.5 Å². The van der Waals surface area contributed by atoms with E-state index in [1.807, 2.05) is 16.9 Å². The average molecular weight is 363 g/mol. The normalized spacial score (nSPS) is 15.7. The lowest BCUT2D eigenvalue weighted by Gasteiger charge is -2.21. The van der Waals surface area contributed by atoms with Crippen molar-refractivity contribution in [3.8, 4) is 17.3 Å². The van der Waals surface area contributed by atoms with Gasteiger partial charge >= 0.3 is 6.03 Å². The zero-order valence-corrected chi connectivity index (χ0v) is 15.2. The highest BCUT2D eigenvalue weighted by atomic mass is 16.2. The van der Waals surface area contributed by atoms with Crippen molar-refractivity contribution in [1.82, 2.24) is 29.6 Å². The smallest absolute Gasteiger partial charge is 0.326 e. The molecule has 0 spiro atoms. The summed E-state index contributed by atoms with van der Waals surface area (Å²) in [5.74, 6) is 0.497. The van der Waals surface area contributed by atoms with E-state index < -0.39 is 0 Å². The monoisotopic (exact) mass is 363 g/mol. The Kier molecular flexibility index (Phi) is 4.59. The van der Waals surface area contributed by atoms with E-state index >= 15 is 0 Å². The molecule has 1 aliphatic rings. The van der Waals surface area contributed by atoms with E-state index in [-0.39, 0.29) is 12.1 Å². The third-order valence-electron chi connectivity index (χ3n) is 5.37. The molecule has 138 valence electrons. The minimum Gasteiger partial charge on any atom is -0.340 e. The fourth-order valence-corrected chi connectivity index (χ4v) is 4.02. The molecule has 8 heteroatoms. The molecule has 0 bridgehead atoms. The summed E-state index contributed by atoms with van der Waals surface area (Å²) >= 11 is 0. The zero-order chi connectivity index (χ0) is 18.8. The maximum Gasteiger partial charge on any atom is 0.326 e. The largest absolute Gasteiger partial charge is 0.340 e. The predicted octanol–water partition coefficient (Wildman–Crippen LogP) is 3.13. The number of nitriles is 1. The molecule has 3 aromatic heterocycles. The van der Waals surface area contributed by atoms with Crippen molar-refractivity contribution in [1.29, 1.82) is 5.26 Å². The number of carbonyl (C=O) groups is 1. The first kappa shape index (κ1) is 17.2. The summed E-state index contributed by atoms with van der Waals surface area (Å²) < 4.78 is 3.38. The van der Waals surface area contributed by atoms with Gasteiger partial charge in [-0.1, -0.05) is 12.8 Å². The second-order valence-electron chi connectivity index (χ2n) is 6.88. The van der Waals surface area contributed by atoms with Gasteiger partial charge in [0.2, 0.25) is 0 Å². The third kappa shape index (κ3) is 3.05. The van der Waals surface area contributed by atoms with Crippen LogP contribution in [-0.2, 0) is 0 Å². The molecule has 1 aliphatic carbocycles. The van der Waals surface area contributed by atoms with Gasteiger partial charge in [-0.15, -0.1) is 0 Å². The predicted molar refractivity (Wildman–Crippen MR) is 99.8 cm³/mol. The van der Waals surface area contributed by atoms with E-state index in [1.54, 1.807) is 19.4 Å². The summed E-state index contributed by atoms with van der Waals surface area (Å²) in [6, 6.07) is 3.99. The molecule has 3 heterocycles. The number of hydrogen-bond acceptors (Lipinski definition) is 5. The topological polar surface area (TPSA) is 101 Å². The Balaban J connectivity index is 1.72. The number of nitrogens with one attached hydrogen (secondary N) is 1. The van der Waals surface area contributed by atoms with Gasteiger partial charge in [-0.3, -0.25) is 9.25 Å². The number of hydrogen-bond donors (Lipinski definition) is 1. The molecule has 27 heavy (non-hydrogen) atoms. The molecule has 0 saturated heterocycles. The first-order valence-electron chi connectivity index (χ1n) is 9.18. The first-order chi connectivity index (χ1) is 13.2. The van der Waals surface area contributed by atoms with Gasteiger partial charge in [0.1, 0.15) is 6.33 Å². The molecule has 0 radical (unpaired) electrons. The number of carbonyl (C=O) groups excluding carboxylic acids is 1. The molecule has 3 aromatic rings. The number of amides is 1. The van der Waals surface area contributed by atoms with Gasteiger partial charge in [-0.05, 0) is 24.8 Å². The quantitative estimate of drug-likeness (QED) is 0.767. The number of nitrogens with zero attached hydrogens (tertiary/aromatic N) is 6. The van der Waals surface area contributed by atoms with Crippen molar-refractivity contribution in [2.24, 2.45) is 5.92 Å². The van der Waals surface area contributed by atoms with Crippen LogP contribution in [0.5, 0.6) is 0 Å². The Morgan fingerprint density at radius 2 is 2.22 bits per heavy atom. The number of rotatable bonds is 4. The Morgan fingerprint density at radius 1 is 1.41 bits per heavy atom. The van der Waals surface area contributed by atoms with Crippen LogP contribution in [0.2, 0.25) is 0 Å². The molecule has 4 rings (SSSR count). The Labute approximate surface area is 156 Å². The molecular formula is C19H21N7O. The van der Waals surface area contributed by atoms with E-state index in [0.29, 0.717) is 18.0 Å². The molecule has 1 saturated carbocycles. The van der Waals surface area contributed by atoms with Gasteiger partial charge in [0, 0.05) is 30.4 Å². The van der Waals surface area contributed by atoms with Crippen LogP contribution >= 0.6 is 0 Å². The van der Waals surface area contributed by atoms with Gasteiger partial charge in [-0.25, -0.2) is 14.8 Å². The molecular weight excluding hydrogens is 342 g/mol. The van der Waals surface area contributed by atoms with E-state index in [2.05, 4.69) is 26.5 Å². The standard InChI is InChI=1S/C19H21N7O/c1-21-19(27)25-9-7-15-17(22-12-23-18(15)25)14-10-24-26(11-14)16(6-8-20)13-4-2-3-5-13/h7,9-13,16H,2-6H2,1H3,(H,21,27)/t16-/m1/s1. The Bertz CT molecular complexity index is 1010. The second-order valence-corrected chi connectivity index (χ2v) is 6.88. The highest BCUT2D eigenvalue weighted by Crippen LogP contribution is 2.36. The van der Waals surface area contributed by atoms with E-state index in [1.165, 1.54) is 23.7 Å². The summed E-state index contributed by atoms with van der Waals surface area (Å²) in [6.45, 7) is 0. The molecule has 1 N–H and O–H groups in total. The van der Waals surface area contributed by atoms with Crippen molar-refractivity contribution in [3.05, 3.63) is 31.0 Å². The fourth-order valence-electron chi connectivity index (χ4n) is 4.02. The summed E-state index contributed by atoms with van der Waals surface area (Å²) in [4.78, 5) is 20.7. The Morgan fingerprint density at radius 3 is 2.96 bits per heavy atom. The molecule has 1 fully saturated rings. The summed E-state index contributed by atoms with van der Waals surface area (Å²) in [7, 11) is 1.58. The summed E-state index contributed by atoms with van der Waals surface area (Å²) in [5.41, 5.74) is 2.14. The third-order valence-corrected chi connectivity index (χ3v) is 5.37. The van der Waals surface area contributed by atoms with E-state index in [9.17, 15) is 10.1 Å². The lowest BCUT2D eigenvalue weighted by molar-refractivity contribution is 0.245. The highest BCUT2D eigenvalue weighted by Gasteiger charge is 2.27. The first-order valence-corrected chi connectivity index (χ1v) is 9.18. The van der Waals surface area contributed by atoms with Gasteiger partial charge in [-0.2, -0.15) is 10.4 Å². The van der Waals surface area contributed by atoms with Crippen molar-refractivity contribution >= 4 is 17.1 Å². The second kappa shape index (κ2) is 7.19. The minimum atomic E-state index is -0.249. The maximum atomic E-state index is 12.0. The van der Waals surface area contributed by atoms with Crippen molar-refractivity contribution in [2.45, 2.75) is 38.1 Å². The number of aromatic nitrogens is 5. The van der Waals surface area contributed by atoms with Crippen LogP contribution in [0.3, 0.4) is 0 Å². The van der Waals surface area contributed by atoms with Crippen molar-refractivity contribution < 1.29 is 4.79 Å². The van der Waals surface area contributed by atoms with Crippen molar-refractivity contribution in [2.75, 3.05) is 7.05 Å². The van der Waals surface area contributed by atoms with Crippen LogP contribution in [0.15, 0.2) is 31.0 Å². The summed E-state index contributed by atoms with van der Waals surface area (Å²) in [6.07, 6.45) is 12.1. The van der Waals surface area contributed by atoms with Crippen LogP contribution in [0, 0.1) is 17.2 Å². The van der Waals surface area contributed by atoms with Crippen LogP contribution in [0.25, 0.3) is 22.3 Å². The molecule has 0 aromatic carbocycles. The van der Waals surface area contributed by atoms with Crippen LogP contribution in [0.1, 0.15) is 38.1 Å². The minimum absolute atomic E-state index is 0.0963. The fraction of sp³-hybridized carbons (Fsp3) is 0.421. The van der Waals surface area contributed by atoms with E-state index in [4.69, 9.17) is 0 Å². The molecule has 0 aliphatic heterocycles. The zero-order valence-electron chi connectivity index (χ0n) is 15.2. The Hall–Kier alpha value is -3.21. The molecule has 0 unspecified atom stereocenters. The van der Waals surface area contributed by atoms with Crippen molar-refractivity contribution in [3.63, 3.8) is 0 Å². The van der Waals surface area contributed by atoms with Gasteiger partial charge < -0.3 is 5.32 Å². The van der Waals surface area contributed by atoms with Crippen LogP contribution in [0.4, 0.5) is 4.79 Å². The lowest BCUT2D eigenvalue weighted by Crippen LogP contribution is -2.23. The van der Waals surface area contributed by atoms with Gasteiger partial charge in [0.05, 0.1) is 30.4 Å². The maximum absolute atomic E-state index is 12.0. The van der Waals surface area contributed by atoms with Gasteiger partial charge in [0.15, 0.2) is 5.65 Å². The lowest BCUT2D eigenvalue weighted by atomic mass is 9.96. The van der Waals surface area contributed by atoms with Crippen LogP contribution in [-0.4, -0.2) is 37.4 Å². The van der Waals surface area contributed by atoms with Crippen LogP contribution < -0.4 is 5.32 Å². The summed E-state index contributed by atoms with van der Waals surface area (Å²) in [5, 5.41) is 17.2. The average Bonchev–Trinajstić information content (AvgIpc) is 3.45. The molecule has 1 atom stereocenters. The number of fused-ring (bicyclic) bond motifs is 1. The highest BCUT2D eigenvalue weighted by molar-refractivity contribution is 5.96. The molecule has 8 nitrogen and oxygen atoms in total. The molecule has 1 amide bonds. The SMILES string of the molecule is CNC(=O)n1ccc2c(-c3cnn([C@H](CC#N)C4CCCC4)c3)ncnc21.